The minimum atomic E-state index is 0.379. The molecule has 1 aromatic carbocycles. The Labute approximate surface area is 112 Å². The third-order valence-corrected chi connectivity index (χ3v) is 4.53. The molecule has 1 N–H and O–H groups in total. The lowest BCUT2D eigenvalue weighted by Gasteiger charge is -2.12. The fourth-order valence-corrected chi connectivity index (χ4v) is 3.35. The Morgan fingerprint density at radius 3 is 3.00 bits per heavy atom. The first kappa shape index (κ1) is 12.1. The summed E-state index contributed by atoms with van der Waals surface area (Å²) >= 11 is 1.83. The Morgan fingerprint density at radius 2 is 2.22 bits per heavy atom. The molecule has 3 nitrogen and oxygen atoms in total. The Hall–Kier alpha value is -1.00. The van der Waals surface area contributed by atoms with Crippen LogP contribution in [0.25, 0.3) is 0 Å². The maximum Gasteiger partial charge on any atom is 0.157 e. The molecule has 2 unspecified atom stereocenters. The van der Waals surface area contributed by atoms with Crippen molar-refractivity contribution in [3.05, 3.63) is 35.9 Å². The molecule has 3 rings (SSSR count). The van der Waals surface area contributed by atoms with Crippen molar-refractivity contribution in [3.63, 3.8) is 0 Å². The second kappa shape index (κ2) is 5.76. The molecular formula is C14H18N2OS. The topological polar surface area (TPSA) is 33.6 Å². The molecule has 4 heteroatoms. The lowest BCUT2D eigenvalue weighted by Crippen LogP contribution is -2.29. The van der Waals surface area contributed by atoms with Gasteiger partial charge in [-0.25, -0.2) is 0 Å². The van der Waals surface area contributed by atoms with Crippen molar-refractivity contribution in [3.8, 4) is 0 Å². The van der Waals surface area contributed by atoms with Crippen molar-refractivity contribution in [1.82, 2.24) is 5.32 Å². The van der Waals surface area contributed by atoms with Gasteiger partial charge in [0.05, 0.1) is 17.9 Å². The fourth-order valence-electron chi connectivity index (χ4n) is 2.32. The number of nitrogens with one attached hydrogen (secondary N) is 1. The minimum Gasteiger partial charge on any atom is -0.376 e. The van der Waals surface area contributed by atoms with Crippen LogP contribution >= 0.6 is 11.8 Å². The standard InChI is InChI=1S/C14H18N2OS/c1-2-5-11(6-3-1)13-10-16-14(18-13)15-9-12-7-4-8-17-12/h1-3,5-6,12-13H,4,7-10H2,(H,15,16). The average molecular weight is 262 g/mol. The number of amidine groups is 1. The molecule has 0 radical (unpaired) electrons. The van der Waals surface area contributed by atoms with Gasteiger partial charge in [-0.05, 0) is 18.4 Å². The van der Waals surface area contributed by atoms with Crippen LogP contribution in [0.5, 0.6) is 0 Å². The van der Waals surface area contributed by atoms with Crippen LogP contribution in [0.2, 0.25) is 0 Å². The van der Waals surface area contributed by atoms with Crippen LogP contribution in [0, 0.1) is 0 Å². The minimum absolute atomic E-state index is 0.379. The van der Waals surface area contributed by atoms with Crippen LogP contribution < -0.4 is 5.32 Å². The Bertz CT molecular complexity index is 415. The van der Waals surface area contributed by atoms with Gasteiger partial charge in [0.15, 0.2) is 5.17 Å². The van der Waals surface area contributed by atoms with Crippen LogP contribution in [0.1, 0.15) is 23.7 Å². The maximum absolute atomic E-state index is 5.60. The molecule has 0 amide bonds. The summed E-state index contributed by atoms with van der Waals surface area (Å²) in [4.78, 5) is 4.57. The number of ether oxygens (including phenoxy) is 1. The number of thioether (sulfide) groups is 1. The van der Waals surface area contributed by atoms with Gasteiger partial charge in [0, 0.05) is 13.2 Å². The zero-order valence-electron chi connectivity index (χ0n) is 10.3. The molecule has 0 spiro atoms. The van der Waals surface area contributed by atoms with Gasteiger partial charge in [0.1, 0.15) is 0 Å². The van der Waals surface area contributed by atoms with Gasteiger partial charge < -0.3 is 10.1 Å². The maximum atomic E-state index is 5.60. The largest absolute Gasteiger partial charge is 0.376 e. The summed E-state index contributed by atoms with van der Waals surface area (Å²) in [6, 6.07) is 10.6. The van der Waals surface area contributed by atoms with E-state index in [1.165, 1.54) is 18.4 Å². The number of benzene rings is 1. The molecule has 2 heterocycles. The van der Waals surface area contributed by atoms with Crippen molar-refractivity contribution in [2.24, 2.45) is 4.99 Å². The molecule has 2 aliphatic rings. The number of nitrogens with zero attached hydrogens (tertiary/aromatic N) is 1. The normalized spacial score (nSPS) is 27.2. The van der Waals surface area contributed by atoms with Gasteiger partial charge in [-0.2, -0.15) is 0 Å². The van der Waals surface area contributed by atoms with Gasteiger partial charge >= 0.3 is 0 Å². The van der Waals surface area contributed by atoms with Crippen LogP contribution in [0.4, 0.5) is 0 Å². The predicted molar refractivity (Wildman–Crippen MR) is 76.1 cm³/mol. The molecule has 1 fully saturated rings. The average Bonchev–Trinajstić information content (AvgIpc) is 3.09. The summed E-state index contributed by atoms with van der Waals surface area (Å²) in [7, 11) is 0. The van der Waals surface area contributed by atoms with Gasteiger partial charge in [0.2, 0.25) is 0 Å². The first-order chi connectivity index (χ1) is 8.92. The molecular weight excluding hydrogens is 244 g/mol. The number of hydrogen-bond acceptors (Lipinski definition) is 4. The summed E-state index contributed by atoms with van der Waals surface area (Å²) in [5, 5.41) is 4.95. The van der Waals surface area contributed by atoms with E-state index in [9.17, 15) is 0 Å². The van der Waals surface area contributed by atoms with Crippen molar-refractivity contribution >= 4 is 16.9 Å². The highest BCUT2D eigenvalue weighted by Gasteiger charge is 2.22. The highest BCUT2D eigenvalue weighted by molar-refractivity contribution is 8.14. The number of rotatable bonds is 3. The Balaban J connectivity index is 1.49. The van der Waals surface area contributed by atoms with Gasteiger partial charge in [-0.1, -0.05) is 42.1 Å². The third kappa shape index (κ3) is 2.87. The highest BCUT2D eigenvalue weighted by Crippen LogP contribution is 2.34. The highest BCUT2D eigenvalue weighted by atomic mass is 32.2. The Morgan fingerprint density at radius 1 is 1.33 bits per heavy atom. The van der Waals surface area contributed by atoms with Gasteiger partial charge in [0.25, 0.3) is 0 Å². The molecule has 18 heavy (non-hydrogen) atoms. The molecule has 0 saturated carbocycles. The molecule has 1 saturated heterocycles. The van der Waals surface area contributed by atoms with E-state index in [0.29, 0.717) is 11.4 Å². The van der Waals surface area contributed by atoms with Crippen LogP contribution in [0.15, 0.2) is 35.3 Å². The van der Waals surface area contributed by atoms with Crippen molar-refractivity contribution in [2.45, 2.75) is 24.2 Å². The first-order valence-electron chi connectivity index (χ1n) is 6.53. The molecule has 96 valence electrons. The zero-order chi connectivity index (χ0) is 12.2. The van der Waals surface area contributed by atoms with E-state index in [-0.39, 0.29) is 0 Å². The summed E-state index contributed by atoms with van der Waals surface area (Å²) in [5.41, 5.74) is 1.36. The fraction of sp³-hybridized carbons (Fsp3) is 0.500. The third-order valence-electron chi connectivity index (χ3n) is 3.33. The molecule has 0 bridgehead atoms. The van der Waals surface area contributed by atoms with E-state index in [1.807, 2.05) is 11.8 Å². The van der Waals surface area contributed by atoms with Crippen molar-refractivity contribution < 1.29 is 4.74 Å². The van der Waals surface area contributed by atoms with Crippen LogP contribution in [-0.2, 0) is 4.74 Å². The summed E-state index contributed by atoms with van der Waals surface area (Å²) in [6.45, 7) is 2.69. The van der Waals surface area contributed by atoms with Crippen LogP contribution in [0.3, 0.4) is 0 Å². The van der Waals surface area contributed by atoms with E-state index in [1.54, 1.807) is 0 Å². The van der Waals surface area contributed by atoms with E-state index in [2.05, 4.69) is 40.6 Å². The van der Waals surface area contributed by atoms with E-state index < -0.39 is 0 Å². The first-order valence-corrected chi connectivity index (χ1v) is 7.41. The zero-order valence-corrected chi connectivity index (χ0v) is 11.2. The van der Waals surface area contributed by atoms with E-state index >= 15 is 0 Å². The summed E-state index contributed by atoms with van der Waals surface area (Å²) < 4.78 is 5.60. The smallest absolute Gasteiger partial charge is 0.157 e. The van der Waals surface area contributed by atoms with Gasteiger partial charge in [-0.3, -0.25) is 4.99 Å². The molecule has 0 aromatic heterocycles. The second-order valence-electron chi connectivity index (χ2n) is 4.68. The van der Waals surface area contributed by atoms with E-state index in [0.717, 1.165) is 24.9 Å². The van der Waals surface area contributed by atoms with Crippen LogP contribution in [-0.4, -0.2) is 31.0 Å². The summed E-state index contributed by atoms with van der Waals surface area (Å²) in [5.74, 6) is 0. The van der Waals surface area contributed by atoms with E-state index in [4.69, 9.17) is 4.74 Å². The van der Waals surface area contributed by atoms with Crippen molar-refractivity contribution in [1.29, 1.82) is 0 Å². The monoisotopic (exact) mass is 262 g/mol. The van der Waals surface area contributed by atoms with Crippen molar-refractivity contribution in [2.75, 3.05) is 19.7 Å². The second-order valence-corrected chi connectivity index (χ2v) is 5.87. The van der Waals surface area contributed by atoms with Gasteiger partial charge in [-0.15, -0.1) is 0 Å². The molecule has 2 atom stereocenters. The SMILES string of the molecule is c1ccc(C2CN=C(NCC3CCCO3)S2)cc1. The number of aliphatic imine (C=N–C) groups is 1. The quantitative estimate of drug-likeness (QED) is 0.909. The molecule has 1 aromatic rings. The number of hydrogen-bond donors (Lipinski definition) is 1. The molecule has 2 aliphatic heterocycles. The predicted octanol–water partition coefficient (Wildman–Crippen LogP) is 2.60. The Kier molecular flexibility index (Phi) is 3.86. The molecule has 0 aliphatic carbocycles. The summed E-state index contributed by atoms with van der Waals surface area (Å²) in [6.07, 6.45) is 2.75. The lowest BCUT2D eigenvalue weighted by molar-refractivity contribution is 0.114. The lowest BCUT2D eigenvalue weighted by atomic mass is 10.1.